The van der Waals surface area contributed by atoms with Crippen LogP contribution in [0.4, 0.5) is 10.6 Å². The third-order valence-corrected chi connectivity index (χ3v) is 7.46. The Balaban J connectivity index is 0.00000150. The maximum atomic E-state index is 12.4. The molecule has 0 aliphatic heterocycles. The first-order valence-electron chi connectivity index (χ1n) is 16.3. The highest BCUT2D eigenvalue weighted by atomic mass is 31.2. The van der Waals surface area contributed by atoms with Crippen LogP contribution in [0, 0.1) is 0 Å². The predicted octanol–water partition coefficient (Wildman–Crippen LogP) is 7.84. The van der Waals surface area contributed by atoms with Gasteiger partial charge in [0, 0.05) is 19.9 Å². The summed E-state index contributed by atoms with van der Waals surface area (Å²) in [4.78, 5) is 42.5. The van der Waals surface area contributed by atoms with Crippen molar-refractivity contribution < 1.29 is 46.8 Å². The Kier molecular flexibility index (Phi) is 30.9. The van der Waals surface area contributed by atoms with Crippen LogP contribution in [0.15, 0.2) is 72.7 Å². The molecule has 2 aromatic rings. The van der Waals surface area contributed by atoms with Gasteiger partial charge in [0.05, 0.1) is 32.5 Å². The molecule has 0 bridgehead atoms. The first-order valence-corrected chi connectivity index (χ1v) is 18.5. The lowest BCUT2D eigenvalue weighted by Gasteiger charge is -2.18. The van der Waals surface area contributed by atoms with Crippen LogP contribution >= 0.6 is 17.2 Å². The molecule has 0 radical (unpaired) electrons. The van der Waals surface area contributed by atoms with E-state index in [2.05, 4.69) is 37.3 Å². The Morgan fingerprint density at radius 2 is 1.65 bits per heavy atom. The molecule has 1 heterocycles. The van der Waals surface area contributed by atoms with E-state index in [1.54, 1.807) is 12.2 Å². The number of aryl methyl sites for hydroxylation is 1. The lowest BCUT2D eigenvalue weighted by Crippen LogP contribution is -2.28. The summed E-state index contributed by atoms with van der Waals surface area (Å²) in [6.45, 7) is 17.4. The number of rotatable bonds is 25. The van der Waals surface area contributed by atoms with Gasteiger partial charge in [-0.1, -0.05) is 83.0 Å². The standard InChI is InChI=1S/C24H34N3O8P.C7H15O3P.C2H6/c1-4-6-17-34-36(33-16-5-2)35-32-19-21(30-3)12-14-27-15-13-22(25-23(27)28)26-24(29)31-18-20-10-8-7-9-11-20;1-3-5-7-10-11(8)9-6-4-2;1-2/h5,7-11,13,15,21H,2,4,6,12,14,16-19H2,1,3H3,(H,25,26,28,29);4,8H,2-3,5-7H2,1H3;1-2H3. The van der Waals surface area contributed by atoms with Gasteiger partial charge in [0.2, 0.25) is 0 Å². The molecule has 0 fully saturated rings. The fourth-order valence-electron chi connectivity index (χ4n) is 3.15. The summed E-state index contributed by atoms with van der Waals surface area (Å²) >= 11 is 0. The molecule has 0 aliphatic rings. The van der Waals surface area contributed by atoms with Crippen molar-refractivity contribution in [1.29, 1.82) is 0 Å². The molecule has 2 rings (SSSR count). The van der Waals surface area contributed by atoms with Crippen molar-refractivity contribution in [1.82, 2.24) is 9.55 Å². The third-order valence-electron chi connectivity index (χ3n) is 5.70. The fraction of sp³-hybridized carbons (Fsp3) is 0.545. The van der Waals surface area contributed by atoms with E-state index in [9.17, 15) is 9.59 Å². The van der Waals surface area contributed by atoms with E-state index in [0.29, 0.717) is 32.8 Å². The molecule has 16 heteroatoms. The number of unbranched alkanes of at least 4 members (excludes halogenated alkanes) is 2. The van der Waals surface area contributed by atoms with Gasteiger partial charge in [-0.25, -0.2) is 14.5 Å². The minimum absolute atomic E-state index is 0.102. The van der Waals surface area contributed by atoms with Crippen LogP contribution in [0.2, 0.25) is 0 Å². The number of methoxy groups -OCH3 is 1. The topological polar surface area (TPSA) is 158 Å². The van der Waals surface area contributed by atoms with E-state index in [1.165, 1.54) is 23.9 Å². The molecule has 278 valence electrons. The van der Waals surface area contributed by atoms with Crippen LogP contribution in [-0.4, -0.2) is 66.8 Å². The number of ether oxygens (including phenoxy) is 2. The minimum Gasteiger partial charge on any atom is -0.444 e. The molecule has 3 atom stereocenters. The lowest BCUT2D eigenvalue weighted by molar-refractivity contribution is -0.235. The van der Waals surface area contributed by atoms with Gasteiger partial charge in [0.15, 0.2) is 0 Å². The largest absolute Gasteiger partial charge is 0.444 e. The number of carbonyl (C=O) groups is 1. The van der Waals surface area contributed by atoms with Crippen molar-refractivity contribution in [3.05, 3.63) is 84.0 Å². The second-order valence-corrected chi connectivity index (χ2v) is 11.6. The summed E-state index contributed by atoms with van der Waals surface area (Å²) in [7, 11) is -1.79. The van der Waals surface area contributed by atoms with Crippen LogP contribution in [0.1, 0.15) is 65.4 Å². The molecule has 1 aromatic carbocycles. The first-order chi connectivity index (χ1) is 23.9. The molecular weight excluding hydrogens is 676 g/mol. The number of anilines is 1. The van der Waals surface area contributed by atoms with Crippen molar-refractivity contribution in [3.63, 3.8) is 0 Å². The quantitative estimate of drug-likeness (QED) is 0.0336. The molecule has 2 N–H and O–H groups in total. The summed E-state index contributed by atoms with van der Waals surface area (Å²) in [5, 5.41) is 2.45. The maximum absolute atomic E-state index is 12.4. The number of amides is 1. The average Bonchev–Trinajstić information content (AvgIpc) is 3.12. The van der Waals surface area contributed by atoms with Crippen molar-refractivity contribution >= 4 is 29.1 Å². The van der Waals surface area contributed by atoms with Crippen molar-refractivity contribution in [2.75, 3.05) is 45.5 Å². The van der Waals surface area contributed by atoms with Gasteiger partial charge in [0.25, 0.3) is 0 Å². The van der Waals surface area contributed by atoms with Crippen LogP contribution < -0.4 is 11.0 Å². The second kappa shape index (κ2) is 32.6. The zero-order chi connectivity index (χ0) is 36.5. The number of carbonyl (C=O) groups excluding carboxylic acids is 1. The van der Waals surface area contributed by atoms with E-state index in [0.717, 1.165) is 31.2 Å². The molecule has 1 aromatic heterocycles. The van der Waals surface area contributed by atoms with Gasteiger partial charge < -0.3 is 32.5 Å². The van der Waals surface area contributed by atoms with Crippen LogP contribution in [-0.2, 0) is 50.3 Å². The van der Waals surface area contributed by atoms with E-state index in [-0.39, 0.29) is 31.7 Å². The van der Waals surface area contributed by atoms with Gasteiger partial charge in [-0.2, -0.15) is 9.66 Å². The Hall–Kier alpha value is -2.61. The summed E-state index contributed by atoms with van der Waals surface area (Å²) in [6.07, 6.45) is 8.00. The van der Waals surface area contributed by atoms with Crippen molar-refractivity contribution in [2.24, 2.45) is 0 Å². The van der Waals surface area contributed by atoms with Crippen molar-refractivity contribution in [2.45, 2.75) is 79.1 Å². The number of benzene rings is 1. The zero-order valence-corrected chi connectivity index (χ0v) is 31.3. The summed E-state index contributed by atoms with van der Waals surface area (Å²) in [6, 6.07) is 10.8. The lowest BCUT2D eigenvalue weighted by atomic mass is 10.2. The van der Waals surface area contributed by atoms with Gasteiger partial charge in [-0.3, -0.25) is 9.88 Å². The summed E-state index contributed by atoms with van der Waals surface area (Å²) in [5.41, 5.74) is 0.330. The molecule has 0 saturated heterocycles. The Morgan fingerprint density at radius 1 is 1.00 bits per heavy atom. The molecule has 1 amide bonds. The molecule has 0 spiro atoms. The van der Waals surface area contributed by atoms with Crippen molar-refractivity contribution in [3.8, 4) is 0 Å². The maximum Gasteiger partial charge on any atom is 0.413 e. The Labute approximate surface area is 293 Å². The molecule has 14 nitrogen and oxygen atoms in total. The number of aromatic nitrogens is 2. The summed E-state index contributed by atoms with van der Waals surface area (Å²) < 4.78 is 37.9. The SMILES string of the molecule is C=CCOP(O)OCCCC.C=CCOP(OCCCC)OOCC(CCn1ccc(NC(=O)OCc2ccccc2)nc1=O)OC.CC. The predicted molar refractivity (Wildman–Crippen MR) is 193 cm³/mol. The first kappa shape index (κ1) is 46.4. The van der Waals surface area contributed by atoms with Gasteiger partial charge in [-0.15, -0.1) is 13.2 Å². The fourth-order valence-corrected chi connectivity index (χ4v) is 4.56. The molecule has 3 unspecified atom stereocenters. The number of hydrogen-bond acceptors (Lipinski definition) is 12. The third kappa shape index (κ3) is 25.1. The Bertz CT molecular complexity index is 1160. The molecule has 0 aliphatic carbocycles. The molecule has 49 heavy (non-hydrogen) atoms. The van der Waals surface area contributed by atoms with Crippen LogP contribution in [0.25, 0.3) is 0 Å². The van der Waals surface area contributed by atoms with E-state index < -0.39 is 29.0 Å². The van der Waals surface area contributed by atoms with Crippen LogP contribution in [0.3, 0.4) is 0 Å². The highest BCUT2D eigenvalue weighted by Crippen LogP contribution is 2.40. The highest BCUT2D eigenvalue weighted by Gasteiger charge is 2.16. The minimum atomic E-state index is -1.67. The Morgan fingerprint density at radius 3 is 2.27 bits per heavy atom. The number of hydrogen-bond donors (Lipinski definition) is 2. The van der Waals surface area contributed by atoms with E-state index in [1.807, 2.05) is 44.2 Å². The number of nitrogens with zero attached hydrogens (tertiary/aromatic N) is 2. The van der Waals surface area contributed by atoms with Gasteiger partial charge >= 0.3 is 29.0 Å². The second-order valence-electron chi connectivity index (χ2n) is 9.48. The highest BCUT2D eigenvalue weighted by molar-refractivity contribution is 7.41. The monoisotopic (exact) mass is 731 g/mol. The average molecular weight is 732 g/mol. The van der Waals surface area contributed by atoms with E-state index >= 15 is 0 Å². The smallest absolute Gasteiger partial charge is 0.413 e. The number of nitrogens with one attached hydrogen (secondary N) is 1. The van der Waals surface area contributed by atoms with Crippen LogP contribution in [0.5, 0.6) is 0 Å². The van der Waals surface area contributed by atoms with Gasteiger partial charge in [0.1, 0.15) is 19.0 Å². The van der Waals surface area contributed by atoms with E-state index in [4.69, 9.17) is 42.0 Å². The normalized spacial score (nSPS) is 12.3. The molecular formula is C33H55N3O11P2. The zero-order valence-electron chi connectivity index (χ0n) is 29.5. The molecule has 0 saturated carbocycles. The van der Waals surface area contributed by atoms with Gasteiger partial charge in [-0.05, 0) is 30.9 Å². The summed E-state index contributed by atoms with van der Waals surface area (Å²) in [5.74, 6) is 0.102.